The number of aromatic nitrogens is 4. The largest absolute Gasteiger partial charge is 0.384 e. The molecule has 1 aliphatic rings. The first-order chi connectivity index (χ1) is 14.1. The average Bonchev–Trinajstić information content (AvgIpc) is 3.07. The van der Waals surface area contributed by atoms with Gasteiger partial charge in [-0.2, -0.15) is 9.78 Å². The molecule has 29 heavy (non-hydrogen) atoms. The van der Waals surface area contributed by atoms with E-state index in [0.717, 1.165) is 37.7 Å². The number of likely N-dealkylation sites (tertiary alicyclic amines) is 1. The lowest BCUT2D eigenvalue weighted by atomic mass is 9.96. The smallest absolute Gasteiger partial charge is 0.161 e. The molecular weight excluding hydrogens is 362 g/mol. The van der Waals surface area contributed by atoms with Crippen molar-refractivity contribution in [1.82, 2.24) is 24.6 Å². The van der Waals surface area contributed by atoms with E-state index in [9.17, 15) is 0 Å². The van der Waals surface area contributed by atoms with E-state index in [1.54, 1.807) is 11.0 Å². The van der Waals surface area contributed by atoms with Gasteiger partial charge in [-0.05, 0) is 51.3 Å². The van der Waals surface area contributed by atoms with Gasteiger partial charge in [0.25, 0.3) is 0 Å². The number of nitrogen functional groups attached to an aromatic ring is 1. The molecule has 0 spiro atoms. The van der Waals surface area contributed by atoms with Gasteiger partial charge in [-0.1, -0.05) is 29.8 Å². The monoisotopic (exact) mass is 391 g/mol. The molecule has 0 radical (unpaired) electrons. The van der Waals surface area contributed by atoms with Crippen LogP contribution in [0.1, 0.15) is 29.7 Å². The molecular formula is C22H29N7. The molecule has 0 atom stereocenters. The molecule has 2 aromatic heterocycles. The number of nitrogens with zero attached hydrogens (tertiary/aromatic N) is 5. The molecule has 3 heterocycles. The lowest BCUT2D eigenvalue weighted by Gasteiger charge is -2.32. The van der Waals surface area contributed by atoms with Crippen LogP contribution in [0.3, 0.4) is 0 Å². The Morgan fingerprint density at radius 2 is 1.83 bits per heavy atom. The molecule has 152 valence electrons. The van der Waals surface area contributed by atoms with Crippen molar-refractivity contribution < 1.29 is 0 Å². The zero-order chi connectivity index (χ0) is 20.2. The molecule has 4 rings (SSSR count). The Labute approximate surface area is 172 Å². The fourth-order valence-electron chi connectivity index (χ4n) is 3.81. The van der Waals surface area contributed by atoms with E-state index in [0.29, 0.717) is 17.6 Å². The number of aryl methyl sites for hydroxylation is 2. The second kappa shape index (κ2) is 8.61. The van der Waals surface area contributed by atoms with Gasteiger partial charge in [-0.15, -0.1) is 0 Å². The number of hydrogen-bond acceptors (Lipinski definition) is 6. The van der Waals surface area contributed by atoms with Crippen LogP contribution >= 0.6 is 0 Å². The van der Waals surface area contributed by atoms with E-state index in [-0.39, 0.29) is 0 Å². The fourth-order valence-corrected chi connectivity index (χ4v) is 3.81. The fraction of sp³-hybridized carbons (Fsp3) is 0.409. The lowest BCUT2D eigenvalue weighted by Crippen LogP contribution is -2.35. The Morgan fingerprint density at radius 3 is 2.52 bits per heavy atom. The first-order valence-corrected chi connectivity index (χ1v) is 10.2. The zero-order valence-electron chi connectivity index (χ0n) is 17.2. The van der Waals surface area contributed by atoms with Crippen LogP contribution in [-0.4, -0.2) is 44.3 Å². The van der Waals surface area contributed by atoms with Crippen molar-refractivity contribution in [2.24, 2.45) is 5.92 Å². The van der Waals surface area contributed by atoms with E-state index in [2.05, 4.69) is 56.5 Å². The molecule has 0 bridgehead atoms. The Morgan fingerprint density at radius 1 is 1.07 bits per heavy atom. The number of rotatable bonds is 6. The summed E-state index contributed by atoms with van der Waals surface area (Å²) in [4.78, 5) is 11.2. The second-order valence-electron chi connectivity index (χ2n) is 7.97. The van der Waals surface area contributed by atoms with Crippen molar-refractivity contribution in [1.29, 1.82) is 0 Å². The van der Waals surface area contributed by atoms with E-state index in [4.69, 9.17) is 5.73 Å². The van der Waals surface area contributed by atoms with Gasteiger partial charge in [-0.25, -0.2) is 9.97 Å². The van der Waals surface area contributed by atoms with Gasteiger partial charge in [0.2, 0.25) is 0 Å². The summed E-state index contributed by atoms with van der Waals surface area (Å²) in [6.45, 7) is 8.28. The minimum Gasteiger partial charge on any atom is -0.384 e. The molecule has 0 aliphatic carbocycles. The van der Waals surface area contributed by atoms with Crippen LogP contribution < -0.4 is 11.1 Å². The quantitative estimate of drug-likeness (QED) is 0.671. The first-order valence-electron chi connectivity index (χ1n) is 10.2. The molecule has 0 unspecified atom stereocenters. The highest BCUT2D eigenvalue weighted by Gasteiger charge is 2.19. The third-order valence-electron chi connectivity index (χ3n) is 5.53. The third-order valence-corrected chi connectivity index (χ3v) is 5.53. The van der Waals surface area contributed by atoms with Crippen molar-refractivity contribution >= 4 is 11.6 Å². The van der Waals surface area contributed by atoms with Crippen LogP contribution in [0, 0.1) is 19.8 Å². The Kier molecular flexibility index (Phi) is 5.76. The number of benzene rings is 1. The van der Waals surface area contributed by atoms with E-state index in [1.807, 2.05) is 19.1 Å². The highest BCUT2D eigenvalue weighted by atomic mass is 15.3. The number of nitrogens with two attached hydrogens (primary N) is 1. The average molecular weight is 392 g/mol. The first kappa shape index (κ1) is 19.4. The van der Waals surface area contributed by atoms with Crippen LogP contribution in [0.5, 0.6) is 0 Å². The Bertz CT molecular complexity index is 940. The predicted molar refractivity (Wildman–Crippen MR) is 116 cm³/mol. The summed E-state index contributed by atoms with van der Waals surface area (Å²) < 4.78 is 1.64. The van der Waals surface area contributed by atoms with Gasteiger partial charge >= 0.3 is 0 Å². The zero-order valence-corrected chi connectivity index (χ0v) is 17.2. The number of piperidine rings is 1. The molecule has 1 aliphatic heterocycles. The van der Waals surface area contributed by atoms with Crippen LogP contribution in [-0.2, 0) is 6.54 Å². The van der Waals surface area contributed by atoms with Gasteiger partial charge in [0, 0.05) is 25.2 Å². The summed E-state index contributed by atoms with van der Waals surface area (Å²) in [6.07, 6.45) is 3.95. The molecule has 3 N–H and O–H groups in total. The van der Waals surface area contributed by atoms with E-state index >= 15 is 0 Å². The molecule has 0 saturated carbocycles. The number of hydrogen-bond donors (Lipinski definition) is 2. The van der Waals surface area contributed by atoms with Crippen molar-refractivity contribution in [2.45, 2.75) is 33.2 Å². The van der Waals surface area contributed by atoms with Crippen molar-refractivity contribution in [3.05, 3.63) is 59.5 Å². The number of anilines is 2. The second-order valence-corrected chi connectivity index (χ2v) is 7.97. The molecule has 3 aromatic rings. The molecule has 1 aromatic carbocycles. The van der Waals surface area contributed by atoms with Crippen LogP contribution in [0.4, 0.5) is 11.6 Å². The Balaban J connectivity index is 1.28. The highest BCUT2D eigenvalue weighted by molar-refractivity contribution is 5.45. The van der Waals surface area contributed by atoms with Crippen LogP contribution in [0.2, 0.25) is 0 Å². The van der Waals surface area contributed by atoms with Gasteiger partial charge in [0.1, 0.15) is 18.0 Å². The minimum absolute atomic E-state index is 0.577. The van der Waals surface area contributed by atoms with Crippen molar-refractivity contribution in [3.63, 3.8) is 0 Å². The van der Waals surface area contributed by atoms with Crippen molar-refractivity contribution in [3.8, 4) is 5.82 Å². The van der Waals surface area contributed by atoms with Gasteiger partial charge in [-0.3, -0.25) is 4.90 Å². The minimum atomic E-state index is 0.577. The van der Waals surface area contributed by atoms with E-state index in [1.165, 1.54) is 24.0 Å². The highest BCUT2D eigenvalue weighted by Crippen LogP contribution is 2.20. The predicted octanol–water partition coefficient (Wildman–Crippen LogP) is 3.19. The Hall–Kier alpha value is -2.93. The normalized spacial score (nSPS) is 15.5. The maximum absolute atomic E-state index is 6.00. The number of nitrogens with one attached hydrogen (secondary N) is 1. The summed E-state index contributed by atoms with van der Waals surface area (Å²) in [5.41, 5.74) is 9.59. The summed E-state index contributed by atoms with van der Waals surface area (Å²) in [7, 11) is 0. The molecule has 7 nitrogen and oxygen atoms in total. The topological polar surface area (TPSA) is 84.9 Å². The summed E-state index contributed by atoms with van der Waals surface area (Å²) in [6, 6.07) is 12.6. The SMILES string of the molecule is Cc1ccc(CN2CCC(CNc3cc(-n4nc(C)cc4N)ncn3)CC2)cc1. The van der Waals surface area contributed by atoms with Gasteiger partial charge in [0.15, 0.2) is 5.82 Å². The lowest BCUT2D eigenvalue weighted by molar-refractivity contribution is 0.182. The summed E-state index contributed by atoms with van der Waals surface area (Å²) in [5, 5.41) is 7.86. The summed E-state index contributed by atoms with van der Waals surface area (Å²) >= 11 is 0. The molecule has 7 heteroatoms. The maximum atomic E-state index is 6.00. The molecule has 1 fully saturated rings. The third kappa shape index (κ3) is 4.92. The molecule has 1 saturated heterocycles. The van der Waals surface area contributed by atoms with Gasteiger partial charge < -0.3 is 11.1 Å². The standard InChI is InChI=1S/C22H29N7/c1-16-3-5-19(6-4-16)14-28-9-7-18(8-10-28)13-24-21-12-22(26-15-25-21)29-20(23)11-17(2)27-29/h3-6,11-12,15,18H,7-10,13-14,23H2,1-2H3,(H,24,25,26). The van der Waals surface area contributed by atoms with E-state index < -0.39 is 0 Å². The van der Waals surface area contributed by atoms with Crippen LogP contribution in [0.25, 0.3) is 5.82 Å². The van der Waals surface area contributed by atoms with Gasteiger partial charge in [0.05, 0.1) is 5.69 Å². The van der Waals surface area contributed by atoms with Crippen LogP contribution in [0.15, 0.2) is 42.7 Å². The summed E-state index contributed by atoms with van der Waals surface area (Å²) in [5.74, 6) is 2.72. The van der Waals surface area contributed by atoms with Crippen molar-refractivity contribution in [2.75, 3.05) is 30.7 Å². The maximum Gasteiger partial charge on any atom is 0.161 e. The molecule has 0 amide bonds.